The molecule has 6 rings (SSSR count). The van der Waals surface area contributed by atoms with Crippen molar-refractivity contribution in [1.82, 2.24) is 20.4 Å². The lowest BCUT2D eigenvalue weighted by molar-refractivity contribution is -0.187. The predicted molar refractivity (Wildman–Crippen MR) is 322 cm³/mol. The van der Waals surface area contributed by atoms with Gasteiger partial charge in [-0.1, -0.05) is 74.7 Å². The number of nitrogens with two attached hydrogens (primary N) is 1. The average Bonchev–Trinajstić information content (AvgIpc) is 1.59. The quantitative estimate of drug-likeness (QED) is 0.0397. The number of nitrogens with one attached hydrogen (secondary N) is 2. The van der Waals surface area contributed by atoms with E-state index in [9.17, 15) is 53.1 Å². The van der Waals surface area contributed by atoms with Crippen LogP contribution in [-0.2, 0) is 70.1 Å². The van der Waals surface area contributed by atoms with Gasteiger partial charge in [-0.3, -0.25) is 43.3 Å². The fraction of sp³-hybridized carbons (Fsp3) is 0.562. The minimum atomic E-state index is -1.65. The number of amides is 7. The number of allylic oxidation sites excluding steroid dienone is 3. The maximum absolute atomic E-state index is 14.5. The number of nitrogens with zero attached hydrogens (tertiary/aromatic N) is 3. The Bertz CT molecular complexity index is 3030. The van der Waals surface area contributed by atoms with Gasteiger partial charge in [0.05, 0.1) is 42.8 Å². The van der Waals surface area contributed by atoms with E-state index >= 15 is 0 Å². The fourth-order valence-electron chi connectivity index (χ4n) is 11.5. The summed E-state index contributed by atoms with van der Waals surface area (Å²) in [6.07, 6.45) is 5.55. The molecule has 2 fully saturated rings. The number of hydrogen-bond acceptors (Lipinski definition) is 16. The van der Waals surface area contributed by atoms with E-state index in [1.54, 1.807) is 46.9 Å². The van der Waals surface area contributed by atoms with Crippen LogP contribution in [0.1, 0.15) is 133 Å². The van der Waals surface area contributed by atoms with Gasteiger partial charge in [0, 0.05) is 95.1 Å². The zero-order valence-electron chi connectivity index (χ0n) is 51.7. The van der Waals surface area contributed by atoms with Crippen LogP contribution in [0.25, 0.3) is 0 Å². The third-order valence-corrected chi connectivity index (χ3v) is 17.6. The maximum Gasteiger partial charge on any atom is 0.328 e. The number of unbranched alkanes of at least 4 members (excludes halogenated alkanes) is 2. The lowest BCUT2D eigenvalue weighted by Gasteiger charge is -2.41. The van der Waals surface area contributed by atoms with Gasteiger partial charge < -0.3 is 55.0 Å². The number of rotatable bonds is 24. The van der Waals surface area contributed by atoms with Crippen molar-refractivity contribution in [2.75, 3.05) is 46.3 Å². The summed E-state index contributed by atoms with van der Waals surface area (Å²) >= 11 is 6.88. The first-order chi connectivity index (χ1) is 41.0. The molecule has 4 aliphatic heterocycles. The molecular weight excluding hydrogens is 1140 g/mol. The van der Waals surface area contributed by atoms with Gasteiger partial charge in [0.25, 0.3) is 17.7 Å². The molecule has 7 amide bonds. The summed E-state index contributed by atoms with van der Waals surface area (Å²) < 4.78 is 29.9. The van der Waals surface area contributed by atoms with E-state index in [2.05, 4.69) is 10.6 Å². The summed E-state index contributed by atoms with van der Waals surface area (Å²) in [6, 6.07) is 5.07. The molecule has 22 nitrogen and oxygen atoms in total. The Hall–Kier alpha value is -7.27. The lowest BCUT2D eigenvalue weighted by atomic mass is 9.78. The van der Waals surface area contributed by atoms with Gasteiger partial charge in [-0.2, -0.15) is 0 Å². The number of ether oxygens (including phenoxy) is 5. The molecule has 0 saturated carbocycles. The third kappa shape index (κ3) is 17.5. The van der Waals surface area contributed by atoms with Crippen LogP contribution in [0.4, 0.5) is 10.5 Å². The number of imide groups is 1. The van der Waals surface area contributed by atoms with Gasteiger partial charge in [0.15, 0.2) is 5.78 Å². The van der Waals surface area contributed by atoms with Crippen molar-refractivity contribution in [3.8, 4) is 5.75 Å². The molecule has 474 valence electrons. The molecule has 5 N–H and O–H groups in total. The van der Waals surface area contributed by atoms with Crippen molar-refractivity contribution in [1.29, 1.82) is 0 Å². The Balaban J connectivity index is 1.17. The van der Waals surface area contributed by atoms with Gasteiger partial charge in [-0.15, -0.1) is 0 Å². The number of likely N-dealkylation sites (N-methyl/N-ethyl adjacent to an activating group) is 1. The number of halogens is 1. The van der Waals surface area contributed by atoms with Crippen molar-refractivity contribution in [2.45, 2.75) is 173 Å². The van der Waals surface area contributed by atoms with Crippen LogP contribution >= 0.6 is 11.6 Å². The normalized spacial score (nSPS) is 25.1. The average molecular weight is 1230 g/mol. The number of methoxy groups -OCH3 is 2. The number of carbonyl (C=O) groups is 10. The summed E-state index contributed by atoms with van der Waals surface area (Å²) in [5, 5.41) is 17.7. The van der Waals surface area contributed by atoms with Gasteiger partial charge in [0.2, 0.25) is 11.8 Å². The van der Waals surface area contributed by atoms with Crippen LogP contribution in [0.5, 0.6) is 5.75 Å². The molecule has 4 heterocycles. The molecule has 2 saturated heterocycles. The van der Waals surface area contributed by atoms with Gasteiger partial charge in [-0.05, 0) is 95.0 Å². The number of aryl methyl sites for hydroxylation is 1. The highest BCUT2D eigenvalue weighted by molar-refractivity contribution is 6.34. The molecule has 0 aliphatic carbocycles. The molecule has 4 aliphatic rings. The molecule has 23 heteroatoms. The van der Waals surface area contributed by atoms with Crippen LogP contribution < -0.4 is 26.0 Å². The highest BCUT2D eigenvalue weighted by Gasteiger charge is 2.64. The monoisotopic (exact) mass is 1230 g/mol. The van der Waals surface area contributed by atoms with E-state index in [4.69, 9.17) is 41.0 Å². The SMILES string of the molecule is COc1cc(C(=O)N(C)[C@@H](C)C(=O)O[C@H]2CC(=O)N(C)c3cc(cc(C)c3Cl)C/C(C)=C/C=C/[C@@H](OC)[C@]3(O)CC(=O)O[C@@H](C3)[C@@H](C)[C@@H]3O[C@@]23C)ccc1CC(=O)[C@H](CCCNC(N)=O)NC(=O)[C@@H](CC(=O)CCCCCN1C(=O)C=CC1=O)C(C)C. The number of Topliss-reactive ketones (excluding diaryl/α,β-unsaturated/α-hetero) is 2. The van der Waals surface area contributed by atoms with Crippen LogP contribution in [0, 0.1) is 24.7 Å². The second kappa shape index (κ2) is 30.1. The molecule has 10 atom stereocenters. The number of aliphatic hydroxyl groups is 1. The van der Waals surface area contributed by atoms with Crippen LogP contribution in [0.15, 0.2) is 66.3 Å². The summed E-state index contributed by atoms with van der Waals surface area (Å²) in [5.74, 6) is -5.95. The maximum atomic E-state index is 14.5. The van der Waals surface area contributed by atoms with Gasteiger partial charge in [0.1, 0.15) is 47.1 Å². The molecular formula is C64H85ClN6O16. The molecule has 2 aromatic carbocycles. The smallest absolute Gasteiger partial charge is 0.328 e. The van der Waals surface area contributed by atoms with Gasteiger partial charge >= 0.3 is 18.0 Å². The highest BCUT2D eigenvalue weighted by Crippen LogP contribution is 2.50. The van der Waals surface area contributed by atoms with Crippen molar-refractivity contribution in [3.63, 3.8) is 0 Å². The second-order valence-corrected chi connectivity index (χ2v) is 24.4. The van der Waals surface area contributed by atoms with Crippen LogP contribution in [-0.4, -0.2) is 163 Å². The number of carbonyl (C=O) groups excluding carboxylic acids is 10. The second-order valence-electron chi connectivity index (χ2n) is 24.0. The number of benzene rings is 2. The third-order valence-electron chi connectivity index (χ3n) is 17.1. The Morgan fingerprint density at radius 2 is 1.68 bits per heavy atom. The number of epoxide rings is 1. The summed E-state index contributed by atoms with van der Waals surface area (Å²) in [4.78, 5) is 137. The van der Waals surface area contributed by atoms with E-state index in [0.29, 0.717) is 42.0 Å². The molecule has 0 unspecified atom stereocenters. The van der Waals surface area contributed by atoms with Crippen molar-refractivity contribution in [2.24, 2.45) is 23.5 Å². The van der Waals surface area contributed by atoms with E-state index in [-0.39, 0.29) is 92.9 Å². The number of anilines is 1. The molecule has 2 aromatic rings. The summed E-state index contributed by atoms with van der Waals surface area (Å²) in [6.45, 7) is 12.7. The van der Waals surface area contributed by atoms with Crippen molar-refractivity contribution in [3.05, 3.63) is 93.6 Å². The molecule has 0 spiro atoms. The predicted octanol–water partition coefficient (Wildman–Crippen LogP) is 6.15. The summed E-state index contributed by atoms with van der Waals surface area (Å²) in [5.41, 5.74) is 5.69. The van der Waals surface area contributed by atoms with Crippen molar-refractivity contribution < 1.29 is 76.7 Å². The molecule has 0 radical (unpaired) electrons. The Morgan fingerprint density at radius 1 is 0.977 bits per heavy atom. The van der Waals surface area contributed by atoms with E-state index in [0.717, 1.165) is 26.5 Å². The topological polar surface area (TPSA) is 300 Å². The van der Waals surface area contributed by atoms with Crippen molar-refractivity contribution >= 4 is 76.4 Å². The first-order valence-electron chi connectivity index (χ1n) is 29.6. The van der Waals surface area contributed by atoms with E-state index in [1.165, 1.54) is 63.4 Å². The minimum absolute atomic E-state index is 0.0111. The largest absolute Gasteiger partial charge is 0.496 e. The molecule has 0 aromatic heterocycles. The fourth-order valence-corrected chi connectivity index (χ4v) is 11.8. The van der Waals surface area contributed by atoms with E-state index < -0.39 is 107 Å². The Kier molecular flexibility index (Phi) is 23.8. The number of esters is 2. The number of hydrogen-bond donors (Lipinski definition) is 4. The zero-order valence-corrected chi connectivity index (χ0v) is 52.5. The van der Waals surface area contributed by atoms with Crippen LogP contribution in [0.3, 0.4) is 0 Å². The van der Waals surface area contributed by atoms with Gasteiger partial charge in [-0.25, -0.2) is 9.59 Å². The molecule has 4 bridgehead atoms. The first-order valence-corrected chi connectivity index (χ1v) is 30.0. The highest BCUT2D eigenvalue weighted by atomic mass is 35.5. The Morgan fingerprint density at radius 3 is 2.33 bits per heavy atom. The summed E-state index contributed by atoms with van der Waals surface area (Å²) in [7, 11) is 5.78. The number of urea groups is 1. The zero-order chi connectivity index (χ0) is 64.2. The Labute approximate surface area is 513 Å². The first kappa shape index (κ1) is 68.8. The van der Waals surface area contributed by atoms with E-state index in [1.807, 2.05) is 32.1 Å². The van der Waals surface area contributed by atoms with Crippen LogP contribution in [0.2, 0.25) is 5.02 Å². The number of fused-ring (bicyclic) bond motifs is 5. The number of ketones is 2. The lowest BCUT2D eigenvalue weighted by Crippen LogP contribution is -2.53. The molecule has 87 heavy (non-hydrogen) atoms. The number of primary amides is 1. The standard InChI is InChI=1S/C64H85ClN6O16/c1-36(2)45(32-44(72)18-13-12-14-26-71-53(74)23-24-54(71)75)59(78)68-46(19-16-25-67-62(66)81)48(73)30-42-21-22-43(31-49(42)83-10)60(79)69(8)40(6)61(80)86-52-33-55(76)70(9)47-29-41(28-38(4)57(47)65)27-37(3)17-15-20-51(84-11)64(82)34-50(85-56(77)35-64)39(5)58-63(52,7)87-58/h15,17,20-24,28-29,31,36,39-40,45-46,50-52,58,82H,12-14,16,18-19,25-27,30,32-35H2,1-11H3,(H,68,78)(H3,66,67,81)/b20-15+,37-17+/t39-,40+,45+,46+,50+,51-,52+,58+,63+,64-/m1/s1. The minimum Gasteiger partial charge on any atom is -0.496 e.